The van der Waals surface area contributed by atoms with Crippen molar-refractivity contribution in [3.05, 3.63) is 0 Å². The molecule has 1 aliphatic heterocycles. The zero-order valence-electron chi connectivity index (χ0n) is 9.82. The van der Waals surface area contributed by atoms with Gasteiger partial charge in [0.25, 0.3) is 0 Å². The molecule has 1 unspecified atom stereocenters. The van der Waals surface area contributed by atoms with E-state index in [9.17, 15) is 9.59 Å². The van der Waals surface area contributed by atoms with Gasteiger partial charge in [-0.15, -0.1) is 0 Å². The quantitative estimate of drug-likeness (QED) is 0.710. The van der Waals surface area contributed by atoms with E-state index < -0.39 is 0 Å². The van der Waals surface area contributed by atoms with E-state index in [0.29, 0.717) is 0 Å². The Bertz CT molecular complexity index is 248. The lowest BCUT2D eigenvalue weighted by atomic mass is 9.92. The molecule has 92 valence electrons. The summed E-state index contributed by atoms with van der Waals surface area (Å²) in [6.07, 6.45) is 1.59. The Balaban J connectivity index is 2.47. The minimum atomic E-state index is -0.342. The van der Waals surface area contributed by atoms with E-state index in [0.717, 1.165) is 25.9 Å². The van der Waals surface area contributed by atoms with E-state index in [-0.39, 0.29) is 30.6 Å². The van der Waals surface area contributed by atoms with Gasteiger partial charge in [-0.1, -0.05) is 0 Å². The maximum absolute atomic E-state index is 11.0. The minimum absolute atomic E-state index is 0.166. The average molecular weight is 229 g/mol. The van der Waals surface area contributed by atoms with Crippen molar-refractivity contribution in [2.45, 2.75) is 32.8 Å². The number of ether oxygens (including phenoxy) is 2. The molecule has 0 amide bonds. The first-order chi connectivity index (χ1) is 7.59. The lowest BCUT2D eigenvalue weighted by Gasteiger charge is -2.29. The van der Waals surface area contributed by atoms with Crippen molar-refractivity contribution in [1.29, 1.82) is 0 Å². The molecular weight excluding hydrogens is 210 g/mol. The number of rotatable bonds is 4. The summed E-state index contributed by atoms with van der Waals surface area (Å²) in [6.45, 7) is 4.74. The lowest BCUT2D eigenvalue weighted by Crippen LogP contribution is -2.38. The molecule has 16 heavy (non-hydrogen) atoms. The predicted molar refractivity (Wildman–Crippen MR) is 57.8 cm³/mol. The van der Waals surface area contributed by atoms with Gasteiger partial charge in [-0.25, -0.2) is 0 Å². The van der Waals surface area contributed by atoms with Crippen LogP contribution in [0.25, 0.3) is 0 Å². The molecule has 1 fully saturated rings. The van der Waals surface area contributed by atoms with Crippen LogP contribution in [-0.4, -0.2) is 37.7 Å². The van der Waals surface area contributed by atoms with Gasteiger partial charge in [0.1, 0.15) is 12.7 Å². The molecule has 1 atom stereocenters. The monoisotopic (exact) mass is 229 g/mol. The van der Waals surface area contributed by atoms with Crippen LogP contribution in [0.4, 0.5) is 0 Å². The van der Waals surface area contributed by atoms with Gasteiger partial charge in [0.15, 0.2) is 0 Å². The van der Waals surface area contributed by atoms with Gasteiger partial charge in [0.05, 0.1) is 0 Å². The van der Waals surface area contributed by atoms with E-state index in [1.165, 1.54) is 13.8 Å². The second-order valence-corrected chi connectivity index (χ2v) is 4.04. The fraction of sp³-hybridized carbons (Fsp3) is 0.818. The summed E-state index contributed by atoms with van der Waals surface area (Å²) < 4.78 is 10.1. The normalized spacial score (nSPS) is 18.9. The van der Waals surface area contributed by atoms with E-state index in [1.807, 2.05) is 0 Å². The average Bonchev–Trinajstić information content (AvgIpc) is 2.25. The van der Waals surface area contributed by atoms with Crippen LogP contribution in [0.3, 0.4) is 0 Å². The number of nitrogens with one attached hydrogen (secondary N) is 1. The summed E-state index contributed by atoms with van der Waals surface area (Å²) in [7, 11) is 0. The zero-order valence-corrected chi connectivity index (χ0v) is 9.82. The van der Waals surface area contributed by atoms with Crippen LogP contribution in [-0.2, 0) is 19.1 Å². The summed E-state index contributed by atoms with van der Waals surface area (Å²) in [6, 6.07) is 0. The molecule has 1 heterocycles. The van der Waals surface area contributed by atoms with Crippen LogP contribution in [0.2, 0.25) is 0 Å². The summed E-state index contributed by atoms with van der Waals surface area (Å²) >= 11 is 0. The van der Waals surface area contributed by atoms with E-state index >= 15 is 0 Å². The van der Waals surface area contributed by atoms with E-state index in [4.69, 9.17) is 9.47 Å². The van der Waals surface area contributed by atoms with E-state index in [2.05, 4.69) is 5.32 Å². The van der Waals surface area contributed by atoms with Gasteiger partial charge in [-0.05, 0) is 25.9 Å². The maximum atomic E-state index is 11.0. The van der Waals surface area contributed by atoms with Gasteiger partial charge in [-0.2, -0.15) is 0 Å². The number of hydrogen-bond donors (Lipinski definition) is 1. The summed E-state index contributed by atoms with van der Waals surface area (Å²) in [5.74, 6) is -0.383. The SMILES string of the molecule is CC(=O)OCC(OC(C)=O)C1CCNCC1. The van der Waals surface area contributed by atoms with E-state index in [1.54, 1.807) is 0 Å². The minimum Gasteiger partial charge on any atom is -0.462 e. The topological polar surface area (TPSA) is 64.6 Å². The molecule has 1 rings (SSSR count). The molecule has 0 bridgehead atoms. The summed E-state index contributed by atoms with van der Waals surface area (Å²) in [5.41, 5.74) is 0. The Morgan fingerprint density at radius 2 is 1.88 bits per heavy atom. The first kappa shape index (κ1) is 13.0. The predicted octanol–water partition coefficient (Wildman–Crippen LogP) is 0.481. The molecule has 5 heteroatoms. The molecule has 0 saturated carbocycles. The highest BCUT2D eigenvalue weighted by Crippen LogP contribution is 2.19. The standard InChI is InChI=1S/C11H19NO4/c1-8(13)15-7-11(16-9(2)14)10-3-5-12-6-4-10/h10-12H,3-7H2,1-2H3. The molecule has 0 aromatic heterocycles. The Labute approximate surface area is 95.5 Å². The summed E-state index contributed by atoms with van der Waals surface area (Å²) in [4.78, 5) is 21.7. The zero-order chi connectivity index (χ0) is 12.0. The highest BCUT2D eigenvalue weighted by atomic mass is 16.6. The van der Waals surface area contributed by atoms with Crippen molar-refractivity contribution in [2.24, 2.45) is 5.92 Å². The molecule has 5 nitrogen and oxygen atoms in total. The smallest absolute Gasteiger partial charge is 0.303 e. The number of esters is 2. The fourth-order valence-electron chi connectivity index (χ4n) is 1.90. The molecule has 0 aromatic carbocycles. The van der Waals surface area contributed by atoms with Crippen LogP contribution in [0.1, 0.15) is 26.7 Å². The number of piperidine rings is 1. The maximum Gasteiger partial charge on any atom is 0.303 e. The molecule has 1 N–H and O–H groups in total. The molecule has 0 radical (unpaired) electrons. The van der Waals surface area contributed by atoms with Crippen molar-refractivity contribution in [1.82, 2.24) is 5.32 Å². The van der Waals surface area contributed by atoms with Crippen molar-refractivity contribution >= 4 is 11.9 Å². The number of hydrogen-bond acceptors (Lipinski definition) is 5. The van der Waals surface area contributed by atoms with Crippen LogP contribution < -0.4 is 5.32 Å². The van der Waals surface area contributed by atoms with Crippen molar-refractivity contribution in [3.8, 4) is 0 Å². The van der Waals surface area contributed by atoms with Gasteiger partial charge in [0.2, 0.25) is 0 Å². The highest BCUT2D eigenvalue weighted by Gasteiger charge is 2.26. The second-order valence-electron chi connectivity index (χ2n) is 4.04. The molecule has 1 saturated heterocycles. The first-order valence-corrected chi connectivity index (χ1v) is 5.61. The van der Waals surface area contributed by atoms with Gasteiger partial charge in [-0.3, -0.25) is 9.59 Å². The Hall–Kier alpha value is -1.10. The third-order valence-corrected chi connectivity index (χ3v) is 2.68. The van der Waals surface area contributed by atoms with Crippen molar-refractivity contribution < 1.29 is 19.1 Å². The van der Waals surface area contributed by atoms with Crippen LogP contribution in [0.15, 0.2) is 0 Å². The number of carbonyl (C=O) groups is 2. The fourth-order valence-corrected chi connectivity index (χ4v) is 1.90. The second kappa shape index (κ2) is 6.48. The summed E-state index contributed by atoms with van der Waals surface area (Å²) in [5, 5.41) is 3.24. The molecule has 0 spiro atoms. The molecule has 1 aliphatic rings. The van der Waals surface area contributed by atoms with Crippen LogP contribution in [0.5, 0.6) is 0 Å². The highest BCUT2D eigenvalue weighted by molar-refractivity contribution is 5.67. The molecule has 0 aliphatic carbocycles. The Kier molecular flexibility index (Phi) is 5.25. The lowest BCUT2D eigenvalue weighted by molar-refractivity contribution is -0.160. The molecule has 0 aromatic rings. The largest absolute Gasteiger partial charge is 0.462 e. The van der Waals surface area contributed by atoms with Gasteiger partial charge < -0.3 is 14.8 Å². The van der Waals surface area contributed by atoms with Crippen molar-refractivity contribution in [2.75, 3.05) is 19.7 Å². The van der Waals surface area contributed by atoms with Gasteiger partial charge in [0, 0.05) is 19.8 Å². The Morgan fingerprint density at radius 1 is 1.25 bits per heavy atom. The Morgan fingerprint density at radius 3 is 2.38 bits per heavy atom. The third-order valence-electron chi connectivity index (χ3n) is 2.68. The third kappa shape index (κ3) is 4.61. The van der Waals surface area contributed by atoms with Gasteiger partial charge >= 0.3 is 11.9 Å². The first-order valence-electron chi connectivity index (χ1n) is 5.61. The van der Waals surface area contributed by atoms with Crippen molar-refractivity contribution in [3.63, 3.8) is 0 Å². The van der Waals surface area contributed by atoms with Crippen LogP contribution >= 0.6 is 0 Å². The van der Waals surface area contributed by atoms with Crippen LogP contribution in [0, 0.1) is 5.92 Å². The molecular formula is C11H19NO4. The number of carbonyl (C=O) groups excluding carboxylic acids is 2.